The van der Waals surface area contributed by atoms with E-state index in [2.05, 4.69) is 44.0 Å². The lowest BCUT2D eigenvalue weighted by Gasteiger charge is -2.36. The van der Waals surface area contributed by atoms with Crippen molar-refractivity contribution in [3.63, 3.8) is 0 Å². The zero-order chi connectivity index (χ0) is 20.6. The van der Waals surface area contributed by atoms with E-state index in [1.165, 1.54) is 12.0 Å². The molecule has 156 valence electrons. The molecule has 1 aromatic carbocycles. The molecule has 2 aliphatic heterocycles. The van der Waals surface area contributed by atoms with Crippen LogP contribution in [0.3, 0.4) is 0 Å². The fourth-order valence-electron chi connectivity index (χ4n) is 4.61. The first-order valence-electron chi connectivity index (χ1n) is 11.0. The van der Waals surface area contributed by atoms with Gasteiger partial charge in [0.05, 0.1) is 5.92 Å². The van der Waals surface area contributed by atoms with Gasteiger partial charge in [-0.05, 0) is 55.2 Å². The monoisotopic (exact) mass is 395 g/mol. The largest absolute Gasteiger partial charge is 0.351 e. The topological polar surface area (TPSA) is 56.4 Å². The molecular formula is C24H33N3O2. The van der Waals surface area contributed by atoms with Crippen LogP contribution in [-0.4, -0.2) is 52.8 Å². The smallest absolute Gasteiger partial charge is 0.270 e. The second-order valence-electron chi connectivity index (χ2n) is 9.71. The van der Waals surface area contributed by atoms with Gasteiger partial charge in [0.2, 0.25) is 5.91 Å². The van der Waals surface area contributed by atoms with Gasteiger partial charge in [-0.3, -0.25) is 9.59 Å². The Morgan fingerprint density at radius 3 is 2.41 bits per heavy atom. The summed E-state index contributed by atoms with van der Waals surface area (Å²) in [6.45, 7) is 9.59. The highest BCUT2D eigenvalue weighted by molar-refractivity contribution is 5.98. The van der Waals surface area contributed by atoms with Crippen molar-refractivity contribution >= 4 is 22.7 Å². The molecule has 2 aliphatic rings. The lowest BCUT2D eigenvalue weighted by Crippen LogP contribution is -2.48. The predicted molar refractivity (Wildman–Crippen MR) is 116 cm³/mol. The predicted octanol–water partition coefficient (Wildman–Crippen LogP) is 4.33. The second-order valence-corrected chi connectivity index (χ2v) is 9.71. The number of benzene rings is 1. The summed E-state index contributed by atoms with van der Waals surface area (Å²) in [6.07, 6.45) is 5.21. The molecule has 1 aromatic heterocycles. The molecule has 4 rings (SSSR count). The van der Waals surface area contributed by atoms with Crippen molar-refractivity contribution in [1.29, 1.82) is 0 Å². The Labute approximate surface area is 173 Å². The maximum atomic E-state index is 13.2. The fraction of sp³-hybridized carbons (Fsp3) is 0.583. The van der Waals surface area contributed by atoms with E-state index in [4.69, 9.17) is 0 Å². The molecule has 1 N–H and O–H groups in total. The minimum atomic E-state index is -0.0531. The van der Waals surface area contributed by atoms with E-state index in [1.54, 1.807) is 0 Å². The summed E-state index contributed by atoms with van der Waals surface area (Å²) >= 11 is 0. The van der Waals surface area contributed by atoms with Gasteiger partial charge in [-0.2, -0.15) is 0 Å². The number of hydrogen-bond donors (Lipinski definition) is 1. The summed E-state index contributed by atoms with van der Waals surface area (Å²) in [4.78, 5) is 33.3. The standard InChI is InChI=1S/C24H33N3O2/c1-24(2,3)19-10-9-17-14-21(25-20(17)15-19)23(29)27-13-7-8-18(16-27)22(28)26-11-5-4-6-12-26/h9-10,14-15,18,25H,4-8,11-13,16H2,1-3H3/t18-/m1/s1. The van der Waals surface area contributed by atoms with E-state index in [0.717, 1.165) is 56.2 Å². The molecule has 0 unspecified atom stereocenters. The Balaban J connectivity index is 1.49. The number of amides is 2. The van der Waals surface area contributed by atoms with Crippen molar-refractivity contribution in [3.05, 3.63) is 35.5 Å². The summed E-state index contributed by atoms with van der Waals surface area (Å²) < 4.78 is 0. The summed E-state index contributed by atoms with van der Waals surface area (Å²) in [7, 11) is 0. The molecular weight excluding hydrogens is 362 g/mol. The molecule has 0 radical (unpaired) electrons. The number of aromatic nitrogens is 1. The van der Waals surface area contributed by atoms with Crippen LogP contribution in [0.25, 0.3) is 10.9 Å². The Kier molecular flexibility index (Phi) is 5.41. The third kappa shape index (κ3) is 4.19. The first-order chi connectivity index (χ1) is 13.8. The Hall–Kier alpha value is -2.30. The number of fused-ring (bicyclic) bond motifs is 1. The van der Waals surface area contributed by atoms with Crippen LogP contribution in [0, 0.1) is 5.92 Å². The lowest BCUT2D eigenvalue weighted by molar-refractivity contribution is -0.137. The number of carbonyl (C=O) groups is 2. The van der Waals surface area contributed by atoms with Crippen molar-refractivity contribution in [2.24, 2.45) is 5.92 Å². The zero-order valence-electron chi connectivity index (χ0n) is 18.0. The van der Waals surface area contributed by atoms with Crippen LogP contribution < -0.4 is 0 Å². The van der Waals surface area contributed by atoms with Crippen LogP contribution in [-0.2, 0) is 10.2 Å². The lowest BCUT2D eigenvalue weighted by atomic mass is 9.87. The summed E-state index contributed by atoms with van der Waals surface area (Å²) in [5.41, 5.74) is 2.94. The molecule has 2 amide bonds. The second kappa shape index (κ2) is 7.85. The normalized spacial score (nSPS) is 20.9. The molecule has 2 saturated heterocycles. The maximum absolute atomic E-state index is 13.2. The molecule has 5 nitrogen and oxygen atoms in total. The summed E-state index contributed by atoms with van der Waals surface area (Å²) in [5.74, 6) is 0.200. The Bertz CT molecular complexity index is 902. The van der Waals surface area contributed by atoms with Crippen molar-refractivity contribution in [2.75, 3.05) is 26.2 Å². The minimum absolute atomic E-state index is 0.00894. The molecule has 1 atom stereocenters. The Morgan fingerprint density at radius 1 is 0.966 bits per heavy atom. The summed E-state index contributed by atoms with van der Waals surface area (Å²) in [6, 6.07) is 8.31. The van der Waals surface area contributed by atoms with Crippen molar-refractivity contribution in [1.82, 2.24) is 14.8 Å². The quantitative estimate of drug-likeness (QED) is 0.823. The van der Waals surface area contributed by atoms with E-state index in [1.807, 2.05) is 15.9 Å². The molecule has 3 heterocycles. The molecule has 0 spiro atoms. The highest BCUT2D eigenvalue weighted by Crippen LogP contribution is 2.27. The molecule has 29 heavy (non-hydrogen) atoms. The third-order valence-electron chi connectivity index (χ3n) is 6.44. The van der Waals surface area contributed by atoms with E-state index in [0.29, 0.717) is 12.2 Å². The van der Waals surface area contributed by atoms with Crippen molar-refractivity contribution < 1.29 is 9.59 Å². The van der Waals surface area contributed by atoms with Gasteiger partial charge in [0, 0.05) is 37.1 Å². The van der Waals surface area contributed by atoms with Crippen molar-refractivity contribution in [3.8, 4) is 0 Å². The molecule has 0 saturated carbocycles. The van der Waals surface area contributed by atoms with Crippen LogP contribution in [0.15, 0.2) is 24.3 Å². The first-order valence-corrected chi connectivity index (χ1v) is 11.0. The van der Waals surface area contributed by atoms with Gasteiger partial charge in [-0.1, -0.05) is 32.9 Å². The van der Waals surface area contributed by atoms with Gasteiger partial charge in [-0.25, -0.2) is 0 Å². The number of H-pyrrole nitrogens is 1. The number of nitrogens with zero attached hydrogens (tertiary/aromatic N) is 2. The van der Waals surface area contributed by atoms with Gasteiger partial charge in [0.15, 0.2) is 0 Å². The number of hydrogen-bond acceptors (Lipinski definition) is 2. The fourth-order valence-corrected chi connectivity index (χ4v) is 4.61. The van der Waals surface area contributed by atoms with Gasteiger partial charge in [0.1, 0.15) is 5.69 Å². The Morgan fingerprint density at radius 2 is 1.69 bits per heavy atom. The number of aromatic amines is 1. The van der Waals surface area contributed by atoms with Gasteiger partial charge in [0.25, 0.3) is 5.91 Å². The maximum Gasteiger partial charge on any atom is 0.270 e. The van der Waals surface area contributed by atoms with Crippen LogP contribution in [0.4, 0.5) is 0 Å². The van der Waals surface area contributed by atoms with Crippen LogP contribution in [0.2, 0.25) is 0 Å². The molecule has 0 bridgehead atoms. The first kappa shape index (κ1) is 20.0. The van der Waals surface area contributed by atoms with Gasteiger partial charge >= 0.3 is 0 Å². The van der Waals surface area contributed by atoms with Crippen LogP contribution in [0.5, 0.6) is 0 Å². The number of piperidine rings is 2. The average molecular weight is 396 g/mol. The number of rotatable bonds is 2. The van der Waals surface area contributed by atoms with E-state index in [-0.39, 0.29) is 23.1 Å². The number of nitrogens with one attached hydrogen (secondary N) is 1. The molecule has 5 heteroatoms. The van der Waals surface area contributed by atoms with Crippen LogP contribution >= 0.6 is 0 Å². The van der Waals surface area contributed by atoms with Gasteiger partial charge < -0.3 is 14.8 Å². The molecule has 0 aliphatic carbocycles. The molecule has 2 aromatic rings. The van der Waals surface area contributed by atoms with Gasteiger partial charge in [-0.15, -0.1) is 0 Å². The number of likely N-dealkylation sites (tertiary alicyclic amines) is 2. The average Bonchev–Trinajstić information content (AvgIpc) is 3.16. The van der Waals surface area contributed by atoms with Crippen molar-refractivity contribution in [2.45, 2.75) is 58.3 Å². The SMILES string of the molecule is CC(C)(C)c1ccc2cc(C(=O)N3CCC[C@@H](C(=O)N4CCCCC4)C3)[nH]c2c1. The highest BCUT2D eigenvalue weighted by Gasteiger charge is 2.32. The van der Waals surface area contributed by atoms with E-state index >= 15 is 0 Å². The van der Waals surface area contributed by atoms with Crippen LogP contribution in [0.1, 0.15) is 68.9 Å². The van der Waals surface area contributed by atoms with E-state index < -0.39 is 0 Å². The highest BCUT2D eigenvalue weighted by atomic mass is 16.2. The van der Waals surface area contributed by atoms with E-state index in [9.17, 15) is 9.59 Å². The summed E-state index contributed by atoms with van der Waals surface area (Å²) in [5, 5.41) is 1.05. The minimum Gasteiger partial charge on any atom is -0.351 e. The zero-order valence-corrected chi connectivity index (χ0v) is 18.0. The third-order valence-corrected chi connectivity index (χ3v) is 6.44. The number of carbonyl (C=O) groups excluding carboxylic acids is 2. The molecule has 2 fully saturated rings.